The van der Waals surface area contributed by atoms with E-state index in [4.69, 9.17) is 0 Å². The van der Waals surface area contributed by atoms with Gasteiger partial charge < -0.3 is 73.5 Å². The van der Waals surface area contributed by atoms with E-state index in [2.05, 4.69) is 22.9 Å². The summed E-state index contributed by atoms with van der Waals surface area (Å²) in [5.41, 5.74) is 15.2. The van der Waals surface area contributed by atoms with E-state index in [0.29, 0.717) is 0 Å². The Labute approximate surface area is 269 Å². The zero-order valence-corrected chi connectivity index (χ0v) is 26.5. The van der Waals surface area contributed by atoms with Gasteiger partial charge in [0.25, 0.3) is 0 Å². The molecule has 0 unspecified atom stereocenters. The van der Waals surface area contributed by atoms with Crippen LogP contribution in [-0.2, 0) is 0 Å². The van der Waals surface area contributed by atoms with E-state index < -0.39 is 23.9 Å². The van der Waals surface area contributed by atoms with Gasteiger partial charge in [-0.1, -0.05) is 48.5 Å². The van der Waals surface area contributed by atoms with E-state index in [-0.39, 0.29) is 33.2 Å². The summed E-state index contributed by atoms with van der Waals surface area (Å²) in [4.78, 5) is 40.8. The number of carbonyl (C=O) groups is 4. The zero-order chi connectivity index (χ0) is 33.1. The largest absolute Gasteiger partial charge is 0.545 e. The van der Waals surface area contributed by atoms with E-state index in [9.17, 15) is 39.6 Å². The maximum absolute atomic E-state index is 10.2. The predicted octanol–water partition coefficient (Wildman–Crippen LogP) is -5.70. The lowest BCUT2D eigenvalue weighted by atomic mass is 9.95. The molecule has 4 saturated carbocycles. The molecule has 6 rings (SSSR count). The summed E-state index contributed by atoms with van der Waals surface area (Å²) in [6, 6.07) is 12.5. The van der Waals surface area contributed by atoms with Gasteiger partial charge in [0.2, 0.25) is 0 Å². The van der Waals surface area contributed by atoms with Crippen LogP contribution in [0.2, 0.25) is 0 Å². The SMILES string of the molecule is O.O.O=C([O-])c1ccc(C(=O)[O-])cc1.O=C([O-])c1ccc(C(=O)[O-])cc1.[NH3+]C1CCC1.[NH3+]C1CCC1.[NH3+]C1CCC1.[NH3+]C1CCC1. The molecule has 16 N–H and O–H groups in total. The molecule has 0 amide bonds. The molecule has 0 radical (unpaired) electrons. The molecule has 2 aromatic rings. The second-order valence-electron chi connectivity index (χ2n) is 11.5. The van der Waals surface area contributed by atoms with Gasteiger partial charge in [-0.2, -0.15) is 0 Å². The second-order valence-corrected chi connectivity index (χ2v) is 11.5. The molecule has 4 fully saturated rings. The molecule has 0 bridgehead atoms. The van der Waals surface area contributed by atoms with Crippen molar-refractivity contribution in [2.45, 2.75) is 101 Å². The van der Waals surface area contributed by atoms with Crippen LogP contribution in [0.4, 0.5) is 0 Å². The lowest BCUT2D eigenvalue weighted by Crippen LogP contribution is -2.63. The molecule has 4 aliphatic carbocycles. The maximum atomic E-state index is 10.2. The van der Waals surface area contributed by atoms with E-state index >= 15 is 0 Å². The average molecular weight is 653 g/mol. The number of benzene rings is 2. The Morgan fingerprint density at radius 1 is 0.391 bits per heavy atom. The Hall–Kier alpha value is -3.92. The first kappa shape index (κ1) is 44.2. The third kappa shape index (κ3) is 19.5. The summed E-state index contributed by atoms with van der Waals surface area (Å²) in [7, 11) is 0. The van der Waals surface area contributed by atoms with Crippen LogP contribution in [0.5, 0.6) is 0 Å². The highest BCUT2D eigenvalue weighted by atomic mass is 16.4. The monoisotopic (exact) mass is 652 g/mol. The van der Waals surface area contributed by atoms with Crippen molar-refractivity contribution < 1.29 is 73.5 Å². The van der Waals surface area contributed by atoms with E-state index in [1.54, 1.807) is 0 Å². The highest BCUT2D eigenvalue weighted by molar-refractivity contribution is 5.90. The van der Waals surface area contributed by atoms with Crippen LogP contribution in [0.15, 0.2) is 48.5 Å². The van der Waals surface area contributed by atoms with Crippen molar-refractivity contribution in [3.8, 4) is 0 Å². The molecule has 14 nitrogen and oxygen atoms in total. The highest BCUT2D eigenvalue weighted by Gasteiger charge is 2.15. The van der Waals surface area contributed by atoms with Crippen LogP contribution in [0, 0.1) is 0 Å². The van der Waals surface area contributed by atoms with Crippen molar-refractivity contribution in [1.82, 2.24) is 0 Å². The Balaban J connectivity index is 0. The lowest BCUT2D eigenvalue weighted by Gasteiger charge is -2.15. The smallest absolute Gasteiger partial charge is 0.0843 e. The van der Waals surface area contributed by atoms with Gasteiger partial charge in [-0.25, -0.2) is 0 Å². The first-order valence-electron chi connectivity index (χ1n) is 15.2. The minimum absolute atomic E-state index is 0. The van der Waals surface area contributed by atoms with Crippen molar-refractivity contribution in [1.29, 1.82) is 0 Å². The van der Waals surface area contributed by atoms with Gasteiger partial charge in [0.15, 0.2) is 0 Å². The molecule has 0 aliphatic heterocycles. The molecule has 0 saturated heterocycles. The van der Waals surface area contributed by atoms with Gasteiger partial charge in [0.1, 0.15) is 0 Å². The van der Waals surface area contributed by atoms with Crippen molar-refractivity contribution in [3.63, 3.8) is 0 Å². The third-order valence-corrected chi connectivity index (χ3v) is 7.61. The highest BCUT2D eigenvalue weighted by Crippen LogP contribution is 2.14. The molecule has 0 atom stereocenters. The predicted molar refractivity (Wildman–Crippen MR) is 160 cm³/mol. The van der Waals surface area contributed by atoms with E-state index in [1.165, 1.54) is 77.0 Å². The number of quaternary nitrogens is 4. The Bertz CT molecular complexity index is 965. The number of aromatic carboxylic acids is 4. The van der Waals surface area contributed by atoms with Gasteiger partial charge in [-0.3, -0.25) is 0 Å². The summed E-state index contributed by atoms with van der Waals surface area (Å²) >= 11 is 0. The van der Waals surface area contributed by atoms with Gasteiger partial charge in [-0.05, 0) is 99.3 Å². The number of carboxylic acid groups (broad SMARTS) is 4. The summed E-state index contributed by atoms with van der Waals surface area (Å²) < 4.78 is 0. The quantitative estimate of drug-likeness (QED) is 0.246. The number of hydrogen-bond donors (Lipinski definition) is 4. The number of rotatable bonds is 4. The molecule has 4 aliphatic rings. The molecular formula is C32H52N4O10. The van der Waals surface area contributed by atoms with Crippen molar-refractivity contribution in [2.24, 2.45) is 0 Å². The minimum Gasteiger partial charge on any atom is -0.545 e. The van der Waals surface area contributed by atoms with Gasteiger partial charge in [-0.15, -0.1) is 0 Å². The Kier molecular flexibility index (Phi) is 23.4. The molecule has 0 aromatic heterocycles. The van der Waals surface area contributed by atoms with Gasteiger partial charge >= 0.3 is 0 Å². The molecule has 0 heterocycles. The summed E-state index contributed by atoms with van der Waals surface area (Å²) in [6.45, 7) is 0. The third-order valence-electron chi connectivity index (χ3n) is 7.61. The van der Waals surface area contributed by atoms with Crippen LogP contribution in [0.1, 0.15) is 118 Å². The number of carboxylic acids is 4. The maximum Gasteiger partial charge on any atom is 0.0843 e. The molecular weight excluding hydrogens is 600 g/mol. The van der Waals surface area contributed by atoms with Crippen LogP contribution in [0.3, 0.4) is 0 Å². The van der Waals surface area contributed by atoms with Gasteiger partial charge in [0, 0.05) is 0 Å². The fraction of sp³-hybridized carbons (Fsp3) is 0.500. The molecule has 14 heteroatoms. The molecule has 46 heavy (non-hydrogen) atoms. The van der Waals surface area contributed by atoms with Gasteiger partial charge in [0.05, 0.1) is 48.0 Å². The fourth-order valence-electron chi connectivity index (χ4n) is 3.46. The van der Waals surface area contributed by atoms with Crippen LogP contribution < -0.4 is 43.4 Å². The Morgan fingerprint density at radius 3 is 0.543 bits per heavy atom. The van der Waals surface area contributed by atoms with E-state index in [1.807, 2.05) is 0 Å². The topological polar surface area (TPSA) is 334 Å². The zero-order valence-electron chi connectivity index (χ0n) is 26.5. The van der Waals surface area contributed by atoms with Crippen LogP contribution in [0.25, 0.3) is 0 Å². The standard InChI is InChI=1S/2C8H6O4.4C4H9N.2H2O/c2*9-7(10)5-1-2-6(4-3-5)8(11)12;4*5-4-2-1-3-4;;/h2*1-4H,(H,9,10)(H,11,12);4*4H,1-3,5H2;2*1H2. The minimum atomic E-state index is -1.33. The first-order chi connectivity index (χ1) is 20.8. The second kappa shape index (κ2) is 24.3. The van der Waals surface area contributed by atoms with Crippen molar-refractivity contribution >= 4 is 23.9 Å². The summed E-state index contributed by atoms with van der Waals surface area (Å²) in [5, 5.41) is 40.8. The van der Waals surface area contributed by atoms with Crippen molar-refractivity contribution in [3.05, 3.63) is 70.8 Å². The first-order valence-corrected chi connectivity index (χ1v) is 15.2. The summed E-state index contributed by atoms with van der Waals surface area (Å²) in [6.07, 6.45) is 16.7. The van der Waals surface area contributed by atoms with Crippen molar-refractivity contribution in [2.75, 3.05) is 0 Å². The molecule has 0 spiro atoms. The lowest BCUT2D eigenvalue weighted by molar-refractivity contribution is -0.438. The molecule has 2 aromatic carbocycles. The summed E-state index contributed by atoms with van der Waals surface area (Å²) in [5.74, 6) is -5.33. The van der Waals surface area contributed by atoms with Crippen LogP contribution >= 0.6 is 0 Å². The Morgan fingerprint density at radius 2 is 0.500 bits per heavy atom. The van der Waals surface area contributed by atoms with Crippen LogP contribution in [-0.4, -0.2) is 59.0 Å². The number of carbonyl (C=O) groups excluding carboxylic acids is 4. The van der Waals surface area contributed by atoms with E-state index in [0.717, 1.165) is 72.7 Å². The normalized spacial score (nSPS) is 16.1. The molecule has 260 valence electrons. The average Bonchev–Trinajstić information content (AvgIpc) is 2.94. The fourth-order valence-corrected chi connectivity index (χ4v) is 3.46. The number of hydrogen-bond acceptors (Lipinski definition) is 8.